The summed E-state index contributed by atoms with van der Waals surface area (Å²) in [5.41, 5.74) is 3.02. The SMILES string of the molecule is Cc1[nH]c(CCCl)nc1-c1cccc(Cl)c1. The molecule has 0 saturated carbocycles. The highest BCUT2D eigenvalue weighted by Crippen LogP contribution is 2.24. The lowest BCUT2D eigenvalue weighted by molar-refractivity contribution is 0.988. The second-order valence-electron chi connectivity index (χ2n) is 3.61. The molecule has 0 atom stereocenters. The first-order valence-electron chi connectivity index (χ1n) is 5.08. The Morgan fingerprint density at radius 3 is 2.88 bits per heavy atom. The molecule has 0 amide bonds. The number of benzene rings is 1. The molecule has 0 unspecified atom stereocenters. The molecule has 0 aliphatic heterocycles. The number of rotatable bonds is 3. The lowest BCUT2D eigenvalue weighted by Crippen LogP contribution is -1.88. The fourth-order valence-electron chi connectivity index (χ4n) is 1.65. The van der Waals surface area contributed by atoms with Crippen LogP contribution in [0.3, 0.4) is 0 Å². The molecule has 0 saturated heterocycles. The van der Waals surface area contributed by atoms with Crippen molar-refractivity contribution in [3.8, 4) is 11.3 Å². The summed E-state index contributed by atoms with van der Waals surface area (Å²) in [6.07, 6.45) is 0.753. The molecule has 0 spiro atoms. The van der Waals surface area contributed by atoms with Crippen molar-refractivity contribution < 1.29 is 0 Å². The molecule has 1 aromatic carbocycles. The van der Waals surface area contributed by atoms with E-state index in [4.69, 9.17) is 23.2 Å². The third-order valence-corrected chi connectivity index (χ3v) is 2.79. The van der Waals surface area contributed by atoms with E-state index in [-0.39, 0.29) is 0 Å². The number of nitrogens with one attached hydrogen (secondary N) is 1. The molecule has 4 heteroatoms. The number of aromatic amines is 1. The van der Waals surface area contributed by atoms with E-state index >= 15 is 0 Å². The van der Waals surface area contributed by atoms with E-state index in [9.17, 15) is 0 Å². The molecule has 84 valence electrons. The molecular weight excluding hydrogens is 243 g/mol. The second kappa shape index (κ2) is 4.89. The van der Waals surface area contributed by atoms with Crippen LogP contribution in [-0.4, -0.2) is 15.8 Å². The highest BCUT2D eigenvalue weighted by Gasteiger charge is 2.08. The van der Waals surface area contributed by atoms with Gasteiger partial charge in [0, 0.05) is 28.6 Å². The van der Waals surface area contributed by atoms with Gasteiger partial charge in [-0.15, -0.1) is 11.6 Å². The Morgan fingerprint density at radius 2 is 2.19 bits per heavy atom. The summed E-state index contributed by atoms with van der Waals surface area (Å²) in [7, 11) is 0. The Balaban J connectivity index is 2.40. The van der Waals surface area contributed by atoms with Gasteiger partial charge in [-0.25, -0.2) is 4.98 Å². The van der Waals surface area contributed by atoms with E-state index in [0.717, 1.165) is 34.2 Å². The van der Waals surface area contributed by atoms with E-state index in [0.29, 0.717) is 5.88 Å². The van der Waals surface area contributed by atoms with Gasteiger partial charge in [0.15, 0.2) is 0 Å². The van der Waals surface area contributed by atoms with Crippen molar-refractivity contribution in [1.82, 2.24) is 9.97 Å². The van der Waals surface area contributed by atoms with Crippen molar-refractivity contribution in [3.05, 3.63) is 40.8 Å². The van der Waals surface area contributed by atoms with Crippen LogP contribution in [0.2, 0.25) is 5.02 Å². The third kappa shape index (κ3) is 2.39. The van der Waals surface area contributed by atoms with Crippen molar-refractivity contribution in [2.45, 2.75) is 13.3 Å². The lowest BCUT2D eigenvalue weighted by Gasteiger charge is -1.98. The van der Waals surface area contributed by atoms with Gasteiger partial charge < -0.3 is 4.98 Å². The van der Waals surface area contributed by atoms with E-state index in [2.05, 4.69) is 9.97 Å². The number of alkyl halides is 1. The second-order valence-corrected chi connectivity index (χ2v) is 4.42. The Kier molecular flexibility index (Phi) is 3.52. The molecule has 0 aliphatic rings. The van der Waals surface area contributed by atoms with Crippen LogP contribution < -0.4 is 0 Å². The number of halogens is 2. The zero-order chi connectivity index (χ0) is 11.5. The predicted octanol–water partition coefficient (Wildman–Crippen LogP) is 3.82. The van der Waals surface area contributed by atoms with Crippen LogP contribution in [0.1, 0.15) is 11.5 Å². The van der Waals surface area contributed by atoms with Gasteiger partial charge in [0.2, 0.25) is 0 Å². The van der Waals surface area contributed by atoms with Gasteiger partial charge >= 0.3 is 0 Å². The van der Waals surface area contributed by atoms with Crippen molar-refractivity contribution >= 4 is 23.2 Å². The standard InChI is InChI=1S/C12H12Cl2N2/c1-8-12(16-11(15-8)5-6-13)9-3-2-4-10(14)7-9/h2-4,7H,5-6H2,1H3,(H,15,16). The zero-order valence-corrected chi connectivity index (χ0v) is 10.4. The molecule has 0 bridgehead atoms. The molecule has 0 radical (unpaired) electrons. The van der Waals surface area contributed by atoms with Gasteiger partial charge in [-0.2, -0.15) is 0 Å². The third-order valence-electron chi connectivity index (χ3n) is 2.36. The van der Waals surface area contributed by atoms with Gasteiger partial charge in [0.05, 0.1) is 5.69 Å². The first-order valence-corrected chi connectivity index (χ1v) is 5.99. The topological polar surface area (TPSA) is 28.7 Å². The minimum absolute atomic E-state index is 0.571. The number of aromatic nitrogens is 2. The molecule has 2 rings (SSSR count). The first-order chi connectivity index (χ1) is 7.70. The summed E-state index contributed by atoms with van der Waals surface area (Å²) < 4.78 is 0. The fraction of sp³-hybridized carbons (Fsp3) is 0.250. The van der Waals surface area contributed by atoms with Crippen LogP contribution in [0, 0.1) is 6.92 Å². The number of aryl methyl sites for hydroxylation is 2. The number of imidazole rings is 1. The Bertz CT molecular complexity index is 492. The molecule has 1 heterocycles. The van der Waals surface area contributed by atoms with Crippen LogP contribution in [0.5, 0.6) is 0 Å². The summed E-state index contributed by atoms with van der Waals surface area (Å²) in [6, 6.07) is 7.69. The van der Waals surface area contributed by atoms with Crippen LogP contribution >= 0.6 is 23.2 Å². The summed E-state index contributed by atoms with van der Waals surface area (Å²) in [4.78, 5) is 7.74. The predicted molar refractivity (Wildman–Crippen MR) is 68.2 cm³/mol. The maximum Gasteiger partial charge on any atom is 0.108 e. The summed E-state index contributed by atoms with van der Waals surface area (Å²) in [6.45, 7) is 2.00. The Morgan fingerprint density at radius 1 is 1.38 bits per heavy atom. The quantitative estimate of drug-likeness (QED) is 0.830. The molecule has 1 aromatic heterocycles. The smallest absolute Gasteiger partial charge is 0.108 e. The zero-order valence-electron chi connectivity index (χ0n) is 8.93. The lowest BCUT2D eigenvalue weighted by atomic mass is 10.1. The van der Waals surface area contributed by atoms with Crippen LogP contribution in [-0.2, 0) is 6.42 Å². The number of nitrogens with zero attached hydrogens (tertiary/aromatic N) is 1. The van der Waals surface area contributed by atoms with E-state index in [1.165, 1.54) is 0 Å². The van der Waals surface area contributed by atoms with Gasteiger partial charge in [-0.1, -0.05) is 23.7 Å². The molecular formula is C12H12Cl2N2. The van der Waals surface area contributed by atoms with Gasteiger partial charge in [0.25, 0.3) is 0 Å². The molecule has 16 heavy (non-hydrogen) atoms. The summed E-state index contributed by atoms with van der Waals surface area (Å²) in [5, 5.41) is 0.721. The average molecular weight is 255 g/mol. The van der Waals surface area contributed by atoms with E-state index in [1.807, 2.05) is 31.2 Å². The van der Waals surface area contributed by atoms with Gasteiger partial charge in [-0.05, 0) is 19.1 Å². The van der Waals surface area contributed by atoms with Gasteiger partial charge in [-0.3, -0.25) is 0 Å². The molecule has 2 nitrogen and oxygen atoms in total. The van der Waals surface area contributed by atoms with Crippen LogP contribution in [0.25, 0.3) is 11.3 Å². The number of H-pyrrole nitrogens is 1. The van der Waals surface area contributed by atoms with Crippen molar-refractivity contribution in [2.24, 2.45) is 0 Å². The summed E-state index contributed by atoms with van der Waals surface area (Å²) >= 11 is 11.6. The largest absolute Gasteiger partial charge is 0.346 e. The molecule has 0 aliphatic carbocycles. The summed E-state index contributed by atoms with van der Waals surface area (Å²) in [5.74, 6) is 1.49. The molecule has 1 N–H and O–H groups in total. The van der Waals surface area contributed by atoms with Crippen molar-refractivity contribution in [2.75, 3.05) is 5.88 Å². The van der Waals surface area contributed by atoms with E-state index < -0.39 is 0 Å². The monoisotopic (exact) mass is 254 g/mol. The fourth-order valence-corrected chi connectivity index (χ4v) is 2.02. The maximum absolute atomic E-state index is 5.96. The highest BCUT2D eigenvalue weighted by molar-refractivity contribution is 6.30. The number of hydrogen-bond donors (Lipinski definition) is 1. The van der Waals surface area contributed by atoms with Crippen molar-refractivity contribution in [3.63, 3.8) is 0 Å². The first kappa shape index (κ1) is 11.5. The van der Waals surface area contributed by atoms with Crippen molar-refractivity contribution in [1.29, 1.82) is 0 Å². The highest BCUT2D eigenvalue weighted by atomic mass is 35.5. The van der Waals surface area contributed by atoms with Crippen LogP contribution in [0.15, 0.2) is 24.3 Å². The average Bonchev–Trinajstić information content (AvgIpc) is 2.60. The maximum atomic E-state index is 5.96. The number of hydrogen-bond acceptors (Lipinski definition) is 1. The minimum Gasteiger partial charge on any atom is -0.346 e. The van der Waals surface area contributed by atoms with Crippen LogP contribution in [0.4, 0.5) is 0 Å². The van der Waals surface area contributed by atoms with Gasteiger partial charge in [0.1, 0.15) is 5.82 Å². The normalized spacial score (nSPS) is 10.7. The minimum atomic E-state index is 0.571. The van der Waals surface area contributed by atoms with E-state index in [1.54, 1.807) is 0 Å². The molecule has 0 fully saturated rings. The Hall–Kier alpha value is -0.990. The molecule has 2 aromatic rings. The Labute approximate surface area is 105 Å².